The lowest BCUT2D eigenvalue weighted by molar-refractivity contribution is 0.162. The van der Waals surface area contributed by atoms with Crippen molar-refractivity contribution < 1.29 is 0 Å². The van der Waals surface area contributed by atoms with Gasteiger partial charge in [0.2, 0.25) is 0 Å². The van der Waals surface area contributed by atoms with E-state index in [4.69, 9.17) is 0 Å². The Hall–Kier alpha value is -0.0800. The monoisotopic (exact) mass is 212 g/mol. The first kappa shape index (κ1) is 13.0. The summed E-state index contributed by atoms with van der Waals surface area (Å²) in [5.74, 6) is 1.72. The van der Waals surface area contributed by atoms with Crippen LogP contribution in [0.25, 0.3) is 0 Å². The van der Waals surface area contributed by atoms with Crippen LogP contribution in [0, 0.1) is 11.8 Å². The zero-order valence-corrected chi connectivity index (χ0v) is 10.9. The van der Waals surface area contributed by atoms with Crippen molar-refractivity contribution in [2.45, 2.75) is 46.1 Å². The Morgan fingerprint density at radius 2 is 2.00 bits per heavy atom. The van der Waals surface area contributed by atoms with E-state index in [9.17, 15) is 0 Å². The van der Waals surface area contributed by atoms with Gasteiger partial charge in [-0.15, -0.1) is 0 Å². The lowest BCUT2D eigenvalue weighted by Gasteiger charge is -2.34. The Bertz CT molecular complexity index is 164. The third-order valence-corrected chi connectivity index (χ3v) is 3.82. The molecule has 0 bridgehead atoms. The number of nitrogens with one attached hydrogen (secondary N) is 1. The maximum Gasteiger partial charge on any atom is 0.0214 e. The van der Waals surface area contributed by atoms with Crippen LogP contribution in [-0.4, -0.2) is 37.6 Å². The third kappa shape index (κ3) is 4.12. The number of hydrogen-bond acceptors (Lipinski definition) is 2. The van der Waals surface area contributed by atoms with E-state index in [-0.39, 0.29) is 0 Å². The molecular formula is C13H28N2. The van der Waals surface area contributed by atoms with Crippen LogP contribution in [0.4, 0.5) is 0 Å². The summed E-state index contributed by atoms with van der Waals surface area (Å²) in [7, 11) is 2.09. The zero-order valence-electron chi connectivity index (χ0n) is 10.9. The Morgan fingerprint density at radius 1 is 1.33 bits per heavy atom. The summed E-state index contributed by atoms with van der Waals surface area (Å²) in [5.41, 5.74) is 0. The molecule has 0 aliphatic heterocycles. The van der Waals surface area contributed by atoms with Gasteiger partial charge in [-0.1, -0.05) is 27.2 Å². The summed E-state index contributed by atoms with van der Waals surface area (Å²) in [6, 6.07) is 0.644. The highest BCUT2D eigenvalue weighted by molar-refractivity contribution is 4.78. The van der Waals surface area contributed by atoms with Gasteiger partial charge in [-0.05, 0) is 38.3 Å². The maximum atomic E-state index is 3.43. The fourth-order valence-corrected chi connectivity index (χ4v) is 2.29. The van der Waals surface area contributed by atoms with E-state index < -0.39 is 0 Å². The summed E-state index contributed by atoms with van der Waals surface area (Å²) < 4.78 is 0. The van der Waals surface area contributed by atoms with Gasteiger partial charge in [0.25, 0.3) is 0 Å². The molecule has 1 rings (SSSR count). The second-order valence-corrected chi connectivity index (χ2v) is 5.29. The van der Waals surface area contributed by atoms with E-state index in [1.807, 2.05) is 0 Å². The van der Waals surface area contributed by atoms with Crippen molar-refractivity contribution in [3.8, 4) is 0 Å². The van der Waals surface area contributed by atoms with E-state index in [2.05, 4.69) is 38.0 Å². The van der Waals surface area contributed by atoms with Crippen molar-refractivity contribution in [1.82, 2.24) is 10.2 Å². The van der Waals surface area contributed by atoms with E-state index in [0.29, 0.717) is 6.04 Å². The van der Waals surface area contributed by atoms with Crippen LogP contribution in [0.15, 0.2) is 0 Å². The Labute approximate surface area is 95.4 Å². The highest BCUT2D eigenvalue weighted by Crippen LogP contribution is 2.27. The molecule has 1 saturated carbocycles. The number of hydrogen-bond donors (Lipinski definition) is 1. The lowest BCUT2D eigenvalue weighted by atomic mass is 9.85. The van der Waals surface area contributed by atoms with Gasteiger partial charge in [-0.3, -0.25) is 0 Å². The Kier molecular flexibility index (Phi) is 5.62. The smallest absolute Gasteiger partial charge is 0.0214 e. The van der Waals surface area contributed by atoms with Gasteiger partial charge in [0, 0.05) is 19.1 Å². The predicted octanol–water partition coefficient (Wildman–Crippen LogP) is 2.35. The van der Waals surface area contributed by atoms with Crippen molar-refractivity contribution in [3.05, 3.63) is 0 Å². The molecule has 0 aromatic heterocycles. The summed E-state index contributed by atoms with van der Waals surface area (Å²) in [6.45, 7) is 10.6. The van der Waals surface area contributed by atoms with Crippen molar-refractivity contribution >= 4 is 0 Å². The van der Waals surface area contributed by atoms with Crippen LogP contribution >= 0.6 is 0 Å². The van der Waals surface area contributed by atoms with E-state index >= 15 is 0 Å². The van der Waals surface area contributed by atoms with Crippen molar-refractivity contribution in [1.29, 1.82) is 0 Å². The Morgan fingerprint density at radius 3 is 2.33 bits per heavy atom. The minimum absolute atomic E-state index is 0.644. The van der Waals surface area contributed by atoms with Crippen LogP contribution in [0.1, 0.15) is 40.0 Å². The predicted molar refractivity (Wildman–Crippen MR) is 67.1 cm³/mol. The molecule has 1 aliphatic rings. The number of nitrogens with zero attached hydrogens (tertiary/aromatic N) is 1. The van der Waals surface area contributed by atoms with Crippen LogP contribution < -0.4 is 5.32 Å². The summed E-state index contributed by atoms with van der Waals surface area (Å²) >= 11 is 0. The molecule has 0 aromatic rings. The van der Waals surface area contributed by atoms with Crippen LogP contribution in [0.2, 0.25) is 0 Å². The van der Waals surface area contributed by atoms with Gasteiger partial charge in [0.05, 0.1) is 0 Å². The van der Waals surface area contributed by atoms with Gasteiger partial charge >= 0.3 is 0 Å². The van der Waals surface area contributed by atoms with Crippen molar-refractivity contribution in [3.63, 3.8) is 0 Å². The van der Waals surface area contributed by atoms with Crippen LogP contribution in [-0.2, 0) is 0 Å². The number of rotatable bonds is 7. The molecule has 1 N–H and O–H groups in total. The van der Waals surface area contributed by atoms with Gasteiger partial charge in [0.15, 0.2) is 0 Å². The molecule has 15 heavy (non-hydrogen) atoms. The van der Waals surface area contributed by atoms with Crippen LogP contribution in [0.5, 0.6) is 0 Å². The van der Waals surface area contributed by atoms with E-state index in [1.54, 1.807) is 0 Å². The quantitative estimate of drug-likeness (QED) is 0.697. The second kappa shape index (κ2) is 6.49. The number of likely N-dealkylation sites (N-methyl/N-ethyl adjacent to an activating group) is 2. The van der Waals surface area contributed by atoms with E-state index in [1.165, 1.54) is 38.9 Å². The third-order valence-electron chi connectivity index (χ3n) is 3.82. The molecule has 1 aliphatic carbocycles. The summed E-state index contributed by atoms with van der Waals surface area (Å²) in [4.78, 5) is 2.62. The van der Waals surface area contributed by atoms with Gasteiger partial charge in [-0.2, -0.15) is 0 Å². The average molecular weight is 212 g/mol. The summed E-state index contributed by atoms with van der Waals surface area (Å²) in [6.07, 6.45) is 4.38. The first-order chi connectivity index (χ1) is 7.17. The molecular weight excluding hydrogens is 184 g/mol. The highest BCUT2D eigenvalue weighted by atomic mass is 15.1. The average Bonchev–Trinajstić information content (AvgIpc) is 2.15. The standard InChI is InChI=1S/C13H28N2/c1-5-15(9-12-7-6-8-12)10-13(14-4)11(2)3/h11-14H,5-10H2,1-4H3. The summed E-state index contributed by atoms with van der Waals surface area (Å²) in [5, 5.41) is 3.43. The topological polar surface area (TPSA) is 15.3 Å². The Balaban J connectivity index is 2.29. The molecule has 2 heteroatoms. The highest BCUT2D eigenvalue weighted by Gasteiger charge is 2.22. The molecule has 90 valence electrons. The zero-order chi connectivity index (χ0) is 11.3. The molecule has 0 amide bonds. The first-order valence-corrected chi connectivity index (χ1v) is 6.57. The molecule has 2 nitrogen and oxygen atoms in total. The maximum absolute atomic E-state index is 3.43. The second-order valence-electron chi connectivity index (χ2n) is 5.29. The molecule has 1 atom stereocenters. The van der Waals surface area contributed by atoms with Crippen molar-refractivity contribution in [2.24, 2.45) is 11.8 Å². The molecule has 0 spiro atoms. The first-order valence-electron chi connectivity index (χ1n) is 6.57. The SMILES string of the molecule is CCN(CC1CCC1)CC(NC)C(C)C. The lowest BCUT2D eigenvalue weighted by Crippen LogP contribution is -2.44. The largest absolute Gasteiger partial charge is 0.315 e. The molecule has 1 fully saturated rings. The molecule has 0 heterocycles. The fraction of sp³-hybridized carbons (Fsp3) is 1.00. The molecule has 0 radical (unpaired) electrons. The van der Waals surface area contributed by atoms with Gasteiger partial charge < -0.3 is 10.2 Å². The molecule has 0 aromatic carbocycles. The van der Waals surface area contributed by atoms with Gasteiger partial charge in [0.1, 0.15) is 0 Å². The van der Waals surface area contributed by atoms with E-state index in [0.717, 1.165) is 11.8 Å². The van der Waals surface area contributed by atoms with Crippen molar-refractivity contribution in [2.75, 3.05) is 26.7 Å². The van der Waals surface area contributed by atoms with Crippen LogP contribution in [0.3, 0.4) is 0 Å². The fourth-order valence-electron chi connectivity index (χ4n) is 2.29. The molecule has 1 unspecified atom stereocenters. The minimum atomic E-state index is 0.644. The normalized spacial score (nSPS) is 19.6. The molecule has 0 saturated heterocycles. The minimum Gasteiger partial charge on any atom is -0.315 e. The van der Waals surface area contributed by atoms with Gasteiger partial charge in [-0.25, -0.2) is 0 Å².